The van der Waals surface area contributed by atoms with Crippen LogP contribution < -0.4 is 9.47 Å². The van der Waals surface area contributed by atoms with Crippen molar-refractivity contribution in [2.75, 3.05) is 0 Å². The second-order valence-electron chi connectivity index (χ2n) is 13.2. The van der Waals surface area contributed by atoms with E-state index < -0.39 is 0 Å². The fraction of sp³-hybridized carbons (Fsp3) is 0.486. The van der Waals surface area contributed by atoms with Crippen molar-refractivity contribution >= 4 is 0 Å². The van der Waals surface area contributed by atoms with Crippen LogP contribution in [-0.2, 0) is 25.0 Å². The van der Waals surface area contributed by atoms with Crippen molar-refractivity contribution in [2.24, 2.45) is 22.7 Å². The van der Waals surface area contributed by atoms with Gasteiger partial charge in [0.2, 0.25) is 0 Å². The van der Waals surface area contributed by atoms with Crippen LogP contribution in [0, 0.1) is 22.7 Å². The summed E-state index contributed by atoms with van der Waals surface area (Å²) in [5.41, 5.74) is 5.32. The minimum Gasteiger partial charge on any atom is -0.489 e. The van der Waals surface area contributed by atoms with Gasteiger partial charge in [-0.05, 0) is 77.5 Å². The first-order valence-corrected chi connectivity index (χ1v) is 14.4. The molecule has 0 amide bonds. The Kier molecular flexibility index (Phi) is 6.34. The molecule has 3 aromatic carbocycles. The Morgan fingerprint density at radius 2 is 1.39 bits per heavy atom. The van der Waals surface area contributed by atoms with E-state index in [-0.39, 0.29) is 22.3 Å². The fourth-order valence-corrected chi connectivity index (χ4v) is 8.65. The van der Waals surface area contributed by atoms with Crippen molar-refractivity contribution in [3.05, 3.63) is 95.1 Å². The maximum Gasteiger partial charge on any atom is 0.127 e. The summed E-state index contributed by atoms with van der Waals surface area (Å²) in [6.07, 6.45) is 5.11. The molecule has 0 radical (unpaired) electrons. The number of hydrogen-bond acceptors (Lipinski definition) is 3. The Balaban J connectivity index is 1.37. The van der Waals surface area contributed by atoms with Crippen LogP contribution in [0.5, 0.6) is 11.5 Å². The van der Waals surface area contributed by atoms with Gasteiger partial charge in [0.15, 0.2) is 0 Å². The standard InChI is InChI=1S/C35H42O3/c1-33(2)29-15-17-35(4)30(34(29,3)18-16-31(33)36)20-26-19-27(37-22-24-11-7-5-8-12-24)21-28(32(26)35)38-23-25-13-9-6-10-14-25/h5-14,19,21,29-31,36H,15-18,20,22-23H2,1-4H3/t29-,30+,31-,34-,35+/m1/s1. The van der Waals surface area contributed by atoms with Crippen LogP contribution in [0.1, 0.15) is 75.6 Å². The highest BCUT2D eigenvalue weighted by Crippen LogP contribution is 2.68. The van der Waals surface area contributed by atoms with Gasteiger partial charge in [0.1, 0.15) is 24.7 Å². The summed E-state index contributed by atoms with van der Waals surface area (Å²) in [5, 5.41) is 10.9. The molecule has 38 heavy (non-hydrogen) atoms. The van der Waals surface area contributed by atoms with E-state index in [0.29, 0.717) is 25.0 Å². The normalized spacial score (nSPS) is 31.1. The van der Waals surface area contributed by atoms with Gasteiger partial charge in [-0.15, -0.1) is 0 Å². The maximum atomic E-state index is 10.9. The summed E-state index contributed by atoms with van der Waals surface area (Å²) in [6, 6.07) is 25.2. The Labute approximate surface area is 228 Å². The van der Waals surface area contributed by atoms with E-state index in [0.717, 1.165) is 43.6 Å². The average molecular weight is 511 g/mol. The summed E-state index contributed by atoms with van der Waals surface area (Å²) in [7, 11) is 0. The van der Waals surface area contributed by atoms with E-state index in [1.807, 2.05) is 12.1 Å². The molecular weight excluding hydrogens is 468 g/mol. The average Bonchev–Trinajstić information content (AvgIpc) is 3.23. The van der Waals surface area contributed by atoms with E-state index in [9.17, 15) is 5.11 Å². The van der Waals surface area contributed by atoms with Gasteiger partial charge >= 0.3 is 0 Å². The van der Waals surface area contributed by atoms with Crippen LogP contribution in [-0.4, -0.2) is 11.2 Å². The number of ether oxygens (including phenoxy) is 2. The summed E-state index contributed by atoms with van der Waals surface area (Å²) >= 11 is 0. The van der Waals surface area contributed by atoms with Crippen molar-refractivity contribution in [3.63, 3.8) is 0 Å². The first kappa shape index (κ1) is 25.5. The predicted octanol–water partition coefficient (Wildman–Crippen LogP) is 7.87. The molecule has 0 aliphatic heterocycles. The predicted molar refractivity (Wildman–Crippen MR) is 152 cm³/mol. The molecule has 0 unspecified atom stereocenters. The zero-order chi connectivity index (χ0) is 26.5. The van der Waals surface area contributed by atoms with E-state index >= 15 is 0 Å². The number of aliphatic hydroxyl groups excluding tert-OH is 1. The van der Waals surface area contributed by atoms with Crippen LogP contribution in [0.3, 0.4) is 0 Å². The number of hydrogen-bond donors (Lipinski definition) is 1. The maximum absolute atomic E-state index is 10.9. The topological polar surface area (TPSA) is 38.7 Å². The summed E-state index contributed by atoms with van der Waals surface area (Å²) < 4.78 is 13.0. The quantitative estimate of drug-likeness (QED) is 0.367. The molecule has 0 spiro atoms. The Bertz CT molecular complexity index is 1280. The lowest BCUT2D eigenvalue weighted by molar-refractivity contribution is -0.151. The van der Waals surface area contributed by atoms with E-state index in [1.54, 1.807) is 0 Å². The van der Waals surface area contributed by atoms with Gasteiger partial charge in [-0.25, -0.2) is 0 Å². The van der Waals surface area contributed by atoms with Crippen LogP contribution >= 0.6 is 0 Å². The van der Waals surface area contributed by atoms with Crippen LogP contribution in [0.4, 0.5) is 0 Å². The number of aliphatic hydroxyl groups is 1. The molecule has 0 aromatic heterocycles. The van der Waals surface area contributed by atoms with Gasteiger partial charge in [0.05, 0.1) is 6.10 Å². The first-order chi connectivity index (χ1) is 18.2. The molecule has 2 saturated carbocycles. The summed E-state index contributed by atoms with van der Waals surface area (Å²) in [4.78, 5) is 0. The van der Waals surface area contributed by atoms with Gasteiger partial charge < -0.3 is 14.6 Å². The third-order valence-corrected chi connectivity index (χ3v) is 10.7. The molecule has 3 aliphatic rings. The molecule has 3 aliphatic carbocycles. The van der Waals surface area contributed by atoms with Gasteiger partial charge in [-0.2, -0.15) is 0 Å². The highest BCUT2D eigenvalue weighted by molar-refractivity contribution is 5.55. The molecular formula is C35H42O3. The van der Waals surface area contributed by atoms with Crippen molar-refractivity contribution < 1.29 is 14.6 Å². The van der Waals surface area contributed by atoms with Gasteiger partial charge in [-0.3, -0.25) is 0 Å². The lowest BCUT2D eigenvalue weighted by Gasteiger charge is -2.62. The number of benzene rings is 3. The molecule has 6 rings (SSSR count). The lowest BCUT2D eigenvalue weighted by atomic mass is 9.43. The monoisotopic (exact) mass is 510 g/mol. The van der Waals surface area contributed by atoms with Crippen molar-refractivity contribution in [3.8, 4) is 11.5 Å². The molecule has 5 atom stereocenters. The SMILES string of the molecule is CC1(C)[C@H](O)CC[C@]2(C)[C@@H]1CC[C@]1(C)c3c(cc(OCc4ccccc4)cc3OCc3ccccc3)C[C@@H]21. The number of fused-ring (bicyclic) bond motifs is 5. The molecule has 0 bridgehead atoms. The largest absolute Gasteiger partial charge is 0.489 e. The smallest absolute Gasteiger partial charge is 0.127 e. The molecule has 0 heterocycles. The highest BCUT2D eigenvalue weighted by Gasteiger charge is 2.63. The van der Waals surface area contributed by atoms with E-state index in [1.165, 1.54) is 22.3 Å². The van der Waals surface area contributed by atoms with Crippen LogP contribution in [0.2, 0.25) is 0 Å². The minimum absolute atomic E-state index is 0.0559. The second-order valence-corrected chi connectivity index (χ2v) is 13.2. The molecule has 0 saturated heterocycles. The summed E-state index contributed by atoms with van der Waals surface area (Å²) in [5.74, 6) is 2.92. The van der Waals surface area contributed by atoms with Crippen LogP contribution in [0.15, 0.2) is 72.8 Å². The third-order valence-electron chi connectivity index (χ3n) is 10.7. The first-order valence-electron chi connectivity index (χ1n) is 14.4. The molecule has 3 aromatic rings. The van der Waals surface area contributed by atoms with Crippen molar-refractivity contribution in [1.29, 1.82) is 0 Å². The van der Waals surface area contributed by atoms with Gasteiger partial charge in [0.25, 0.3) is 0 Å². The molecule has 3 nitrogen and oxygen atoms in total. The van der Waals surface area contributed by atoms with E-state index in [4.69, 9.17) is 9.47 Å². The fourth-order valence-electron chi connectivity index (χ4n) is 8.65. The Morgan fingerprint density at radius 1 is 0.763 bits per heavy atom. The second kappa shape index (κ2) is 9.45. The Hall–Kier alpha value is -2.78. The van der Waals surface area contributed by atoms with E-state index in [2.05, 4.69) is 88.4 Å². The molecule has 200 valence electrons. The van der Waals surface area contributed by atoms with Crippen molar-refractivity contribution in [2.45, 2.75) is 84.5 Å². The van der Waals surface area contributed by atoms with Crippen LogP contribution in [0.25, 0.3) is 0 Å². The van der Waals surface area contributed by atoms with Gasteiger partial charge in [-0.1, -0.05) is 88.4 Å². The minimum atomic E-state index is -0.212. The lowest BCUT2D eigenvalue weighted by Crippen LogP contribution is -2.58. The zero-order valence-electron chi connectivity index (χ0n) is 23.4. The molecule has 2 fully saturated rings. The van der Waals surface area contributed by atoms with Crippen molar-refractivity contribution in [1.82, 2.24) is 0 Å². The molecule has 3 heteroatoms. The zero-order valence-corrected chi connectivity index (χ0v) is 23.4. The molecule has 1 N–H and O–H groups in total. The number of rotatable bonds is 6. The summed E-state index contributed by atoms with van der Waals surface area (Å²) in [6.45, 7) is 10.7. The third kappa shape index (κ3) is 4.14. The van der Waals surface area contributed by atoms with Gasteiger partial charge in [0, 0.05) is 17.0 Å². The highest BCUT2D eigenvalue weighted by atomic mass is 16.5. The Morgan fingerprint density at radius 3 is 2.05 bits per heavy atom.